The topological polar surface area (TPSA) is 63.1 Å². The minimum atomic E-state index is 0.623. The molecule has 0 unspecified atom stereocenters. The Bertz CT molecular complexity index is 761. The molecule has 0 atom stereocenters. The molecule has 0 aliphatic rings. The summed E-state index contributed by atoms with van der Waals surface area (Å²) < 4.78 is 11.4. The van der Waals surface area contributed by atoms with Gasteiger partial charge in [0.05, 0.1) is 6.20 Å². The number of aromatic amines is 1. The molecule has 0 bridgehead atoms. The van der Waals surface area contributed by atoms with Crippen molar-refractivity contribution in [3.63, 3.8) is 0 Å². The van der Waals surface area contributed by atoms with Crippen LogP contribution < -0.4 is 10.1 Å². The van der Waals surface area contributed by atoms with Gasteiger partial charge in [-0.15, -0.1) is 0 Å². The Balaban J connectivity index is 1.48. The van der Waals surface area contributed by atoms with E-state index in [1.807, 2.05) is 56.4 Å². The Hall–Kier alpha value is -2.53. The minimum Gasteiger partial charge on any atom is -0.492 e. The minimum absolute atomic E-state index is 0.623. The maximum Gasteiger partial charge on any atom is 0.152 e. The van der Waals surface area contributed by atoms with Gasteiger partial charge in [0.25, 0.3) is 0 Å². The predicted octanol–water partition coefficient (Wildman–Crippen LogP) is 3.46. The van der Waals surface area contributed by atoms with Crippen molar-refractivity contribution < 1.29 is 9.15 Å². The molecule has 23 heavy (non-hydrogen) atoms. The molecule has 5 nitrogen and oxygen atoms in total. The van der Waals surface area contributed by atoms with E-state index >= 15 is 0 Å². The fraction of sp³-hybridized carbons (Fsp3) is 0.278. The van der Waals surface area contributed by atoms with Gasteiger partial charge in [-0.1, -0.05) is 18.2 Å². The number of para-hydroxylation sites is 1. The third kappa shape index (κ3) is 3.81. The average molecular weight is 311 g/mol. The molecule has 1 aromatic carbocycles. The van der Waals surface area contributed by atoms with Gasteiger partial charge in [0.15, 0.2) is 5.76 Å². The molecule has 120 valence electrons. The predicted molar refractivity (Wildman–Crippen MR) is 89.4 cm³/mol. The van der Waals surface area contributed by atoms with Gasteiger partial charge < -0.3 is 14.5 Å². The summed E-state index contributed by atoms with van der Waals surface area (Å²) in [6, 6.07) is 11.9. The third-order valence-corrected chi connectivity index (χ3v) is 3.65. The van der Waals surface area contributed by atoms with Gasteiger partial charge in [-0.05, 0) is 37.6 Å². The number of ether oxygens (including phenoxy) is 1. The van der Waals surface area contributed by atoms with Crippen LogP contribution in [0.1, 0.15) is 16.9 Å². The Morgan fingerprint density at radius 3 is 2.83 bits per heavy atom. The van der Waals surface area contributed by atoms with Crippen LogP contribution in [0.5, 0.6) is 5.75 Å². The van der Waals surface area contributed by atoms with E-state index in [0.29, 0.717) is 13.2 Å². The van der Waals surface area contributed by atoms with Gasteiger partial charge in [0.2, 0.25) is 0 Å². The first-order chi connectivity index (χ1) is 11.2. The van der Waals surface area contributed by atoms with E-state index in [0.717, 1.165) is 40.6 Å². The number of rotatable bonds is 7. The second-order valence-corrected chi connectivity index (χ2v) is 5.47. The van der Waals surface area contributed by atoms with Gasteiger partial charge >= 0.3 is 0 Å². The molecule has 0 radical (unpaired) electrons. The van der Waals surface area contributed by atoms with E-state index in [4.69, 9.17) is 9.15 Å². The second kappa shape index (κ2) is 7.15. The summed E-state index contributed by atoms with van der Waals surface area (Å²) in [6.45, 7) is 6.07. The Labute approximate surface area is 135 Å². The Kier molecular flexibility index (Phi) is 4.78. The van der Waals surface area contributed by atoms with Gasteiger partial charge in [-0.2, -0.15) is 5.10 Å². The van der Waals surface area contributed by atoms with Crippen molar-refractivity contribution in [3.05, 3.63) is 59.5 Å². The van der Waals surface area contributed by atoms with Gasteiger partial charge in [-0.3, -0.25) is 5.10 Å². The molecule has 2 N–H and O–H groups in total. The molecular weight excluding hydrogens is 290 g/mol. The van der Waals surface area contributed by atoms with Gasteiger partial charge in [0, 0.05) is 18.7 Å². The molecule has 0 aliphatic heterocycles. The second-order valence-electron chi connectivity index (χ2n) is 5.47. The standard InChI is InChI=1S/C18H21N3O2/c1-13-5-3-4-6-16(13)22-10-9-19-11-15-12-20-21-18(15)17-8-7-14(2)23-17/h3-8,12,19H,9-11H2,1-2H3,(H,20,21). The van der Waals surface area contributed by atoms with E-state index < -0.39 is 0 Å². The fourth-order valence-electron chi connectivity index (χ4n) is 2.40. The first kappa shape index (κ1) is 15.4. The number of aromatic nitrogens is 2. The SMILES string of the molecule is Cc1ccc(-c2[nH]ncc2CNCCOc2ccccc2C)o1. The van der Waals surface area contributed by atoms with Gasteiger partial charge in [0.1, 0.15) is 23.8 Å². The quantitative estimate of drug-likeness (QED) is 0.656. The first-order valence-electron chi connectivity index (χ1n) is 7.72. The maximum absolute atomic E-state index is 5.77. The number of nitrogens with one attached hydrogen (secondary N) is 2. The molecule has 2 heterocycles. The largest absolute Gasteiger partial charge is 0.492 e. The van der Waals surface area contributed by atoms with E-state index in [2.05, 4.69) is 15.5 Å². The average Bonchev–Trinajstić information content (AvgIpc) is 3.17. The highest BCUT2D eigenvalue weighted by Gasteiger charge is 2.10. The maximum atomic E-state index is 5.77. The molecular formula is C18H21N3O2. The first-order valence-corrected chi connectivity index (χ1v) is 7.72. The fourth-order valence-corrected chi connectivity index (χ4v) is 2.40. The van der Waals surface area contributed by atoms with Crippen LogP contribution in [0.15, 0.2) is 47.0 Å². The molecule has 2 aromatic heterocycles. The van der Waals surface area contributed by atoms with E-state index in [-0.39, 0.29) is 0 Å². The van der Waals surface area contributed by atoms with Crippen LogP contribution in [-0.2, 0) is 6.54 Å². The summed E-state index contributed by atoms with van der Waals surface area (Å²) in [7, 11) is 0. The zero-order chi connectivity index (χ0) is 16.1. The number of hydrogen-bond donors (Lipinski definition) is 2. The Morgan fingerprint density at radius 1 is 1.17 bits per heavy atom. The molecule has 3 rings (SSSR count). The number of H-pyrrole nitrogens is 1. The molecule has 0 saturated carbocycles. The van der Waals surface area contributed by atoms with E-state index in [1.54, 1.807) is 0 Å². The molecule has 0 saturated heterocycles. The number of furan rings is 1. The zero-order valence-electron chi connectivity index (χ0n) is 13.4. The lowest BCUT2D eigenvalue weighted by molar-refractivity contribution is 0.311. The van der Waals surface area contributed by atoms with E-state index in [1.165, 1.54) is 0 Å². The zero-order valence-corrected chi connectivity index (χ0v) is 13.4. The number of benzene rings is 1. The lowest BCUT2D eigenvalue weighted by Gasteiger charge is -2.09. The van der Waals surface area contributed by atoms with Crippen molar-refractivity contribution in [2.45, 2.75) is 20.4 Å². The van der Waals surface area contributed by atoms with Crippen molar-refractivity contribution in [2.24, 2.45) is 0 Å². The molecule has 0 aliphatic carbocycles. The molecule has 0 spiro atoms. The van der Waals surface area contributed by atoms with Crippen LogP contribution in [0.4, 0.5) is 0 Å². The third-order valence-electron chi connectivity index (χ3n) is 3.65. The van der Waals surface area contributed by atoms with Gasteiger partial charge in [-0.25, -0.2) is 0 Å². The highest BCUT2D eigenvalue weighted by Crippen LogP contribution is 2.23. The lowest BCUT2D eigenvalue weighted by atomic mass is 10.2. The monoisotopic (exact) mass is 311 g/mol. The van der Waals surface area contributed by atoms with Crippen LogP contribution in [0.25, 0.3) is 11.5 Å². The van der Waals surface area contributed by atoms with Crippen molar-refractivity contribution in [3.8, 4) is 17.2 Å². The summed E-state index contributed by atoms with van der Waals surface area (Å²) in [5.41, 5.74) is 3.15. The van der Waals surface area contributed by atoms with Crippen LogP contribution in [0.3, 0.4) is 0 Å². The number of aryl methyl sites for hydroxylation is 2. The smallest absolute Gasteiger partial charge is 0.152 e. The summed E-state index contributed by atoms with van der Waals surface area (Å²) in [5.74, 6) is 2.64. The van der Waals surface area contributed by atoms with Crippen molar-refractivity contribution >= 4 is 0 Å². The molecule has 0 amide bonds. The molecule has 3 aromatic rings. The summed E-state index contributed by atoms with van der Waals surface area (Å²) in [6.07, 6.45) is 1.82. The van der Waals surface area contributed by atoms with Crippen LogP contribution in [0, 0.1) is 13.8 Å². The van der Waals surface area contributed by atoms with Crippen molar-refractivity contribution in [2.75, 3.05) is 13.2 Å². The number of nitrogens with zero attached hydrogens (tertiary/aromatic N) is 1. The summed E-state index contributed by atoms with van der Waals surface area (Å²) in [5, 5.41) is 10.5. The molecule has 0 fully saturated rings. The van der Waals surface area contributed by atoms with Crippen molar-refractivity contribution in [1.82, 2.24) is 15.5 Å². The summed E-state index contributed by atoms with van der Waals surface area (Å²) >= 11 is 0. The normalized spacial score (nSPS) is 10.9. The van der Waals surface area contributed by atoms with Crippen LogP contribution >= 0.6 is 0 Å². The van der Waals surface area contributed by atoms with Crippen LogP contribution in [-0.4, -0.2) is 23.3 Å². The van der Waals surface area contributed by atoms with E-state index in [9.17, 15) is 0 Å². The van der Waals surface area contributed by atoms with Crippen molar-refractivity contribution in [1.29, 1.82) is 0 Å². The number of hydrogen-bond acceptors (Lipinski definition) is 4. The highest BCUT2D eigenvalue weighted by molar-refractivity contribution is 5.56. The lowest BCUT2D eigenvalue weighted by Crippen LogP contribution is -2.20. The summed E-state index contributed by atoms with van der Waals surface area (Å²) in [4.78, 5) is 0. The Morgan fingerprint density at radius 2 is 2.04 bits per heavy atom. The molecule has 5 heteroatoms. The van der Waals surface area contributed by atoms with Crippen LogP contribution in [0.2, 0.25) is 0 Å². The highest BCUT2D eigenvalue weighted by atomic mass is 16.5.